The number of aromatic amines is 1. The number of H-pyrrole nitrogens is 1. The zero-order valence-corrected chi connectivity index (χ0v) is 10.8. The molecule has 0 bridgehead atoms. The fourth-order valence-corrected chi connectivity index (χ4v) is 1.74. The van der Waals surface area contributed by atoms with Crippen LogP contribution in [0.15, 0.2) is 24.3 Å². The number of tetrazole rings is 1. The molecule has 0 aliphatic heterocycles. The van der Waals surface area contributed by atoms with Gasteiger partial charge in [-0.2, -0.15) is 5.21 Å². The molecule has 0 saturated heterocycles. The smallest absolute Gasteiger partial charge is 0.174 e. The van der Waals surface area contributed by atoms with E-state index in [1.165, 1.54) is 0 Å². The average molecular weight is 260 g/mol. The van der Waals surface area contributed by atoms with E-state index < -0.39 is 0 Å². The molecule has 19 heavy (non-hydrogen) atoms. The number of benzene rings is 1. The van der Waals surface area contributed by atoms with Crippen LogP contribution in [0.2, 0.25) is 0 Å². The maximum Gasteiger partial charge on any atom is 0.174 e. The number of aryl methyl sites for hydroxylation is 1. The van der Waals surface area contributed by atoms with Crippen LogP contribution in [0, 0.1) is 0 Å². The SMILES string of the molecule is CC(=O)c1ccccc1OCCCCc1nn[nH]n1. The van der Waals surface area contributed by atoms with Crippen LogP contribution in [0.4, 0.5) is 0 Å². The molecule has 6 nitrogen and oxygen atoms in total. The molecule has 2 rings (SSSR count). The van der Waals surface area contributed by atoms with Crippen LogP contribution < -0.4 is 4.74 Å². The van der Waals surface area contributed by atoms with E-state index in [0.717, 1.165) is 19.3 Å². The Morgan fingerprint density at radius 2 is 2.16 bits per heavy atom. The molecular formula is C13H16N4O2. The lowest BCUT2D eigenvalue weighted by Crippen LogP contribution is -2.03. The van der Waals surface area contributed by atoms with Gasteiger partial charge in [0.15, 0.2) is 11.6 Å². The number of rotatable bonds is 7. The van der Waals surface area contributed by atoms with Gasteiger partial charge in [0, 0.05) is 6.42 Å². The summed E-state index contributed by atoms with van der Waals surface area (Å²) in [6.45, 7) is 2.11. The minimum Gasteiger partial charge on any atom is -0.493 e. The van der Waals surface area contributed by atoms with Crippen molar-refractivity contribution in [3.05, 3.63) is 35.7 Å². The second-order valence-corrected chi connectivity index (χ2v) is 4.19. The third-order valence-corrected chi connectivity index (χ3v) is 2.71. The summed E-state index contributed by atoms with van der Waals surface area (Å²) in [5.41, 5.74) is 0.626. The fourth-order valence-electron chi connectivity index (χ4n) is 1.74. The van der Waals surface area contributed by atoms with Crippen LogP contribution in [-0.2, 0) is 6.42 Å². The largest absolute Gasteiger partial charge is 0.493 e. The van der Waals surface area contributed by atoms with Crippen molar-refractivity contribution in [3.63, 3.8) is 0 Å². The van der Waals surface area contributed by atoms with Gasteiger partial charge in [-0.15, -0.1) is 10.2 Å². The zero-order valence-electron chi connectivity index (χ0n) is 10.8. The van der Waals surface area contributed by atoms with E-state index in [0.29, 0.717) is 23.7 Å². The summed E-state index contributed by atoms with van der Waals surface area (Å²) in [5.74, 6) is 1.38. The van der Waals surface area contributed by atoms with E-state index in [4.69, 9.17) is 4.74 Å². The Labute approximate surface area is 111 Å². The molecule has 0 atom stereocenters. The predicted molar refractivity (Wildman–Crippen MR) is 69.1 cm³/mol. The molecular weight excluding hydrogens is 244 g/mol. The molecule has 0 aliphatic rings. The van der Waals surface area contributed by atoms with Gasteiger partial charge in [0.05, 0.1) is 12.2 Å². The lowest BCUT2D eigenvalue weighted by atomic mass is 10.1. The van der Waals surface area contributed by atoms with Gasteiger partial charge in [-0.25, -0.2) is 0 Å². The number of para-hydroxylation sites is 1. The van der Waals surface area contributed by atoms with Gasteiger partial charge >= 0.3 is 0 Å². The fraction of sp³-hybridized carbons (Fsp3) is 0.385. The molecule has 0 spiro atoms. The number of aromatic nitrogens is 4. The standard InChI is InChI=1S/C13H16N4O2/c1-10(18)11-6-2-3-7-12(11)19-9-5-4-8-13-14-16-17-15-13/h2-3,6-7H,4-5,8-9H2,1H3,(H,14,15,16,17). The van der Waals surface area contributed by atoms with Crippen molar-refractivity contribution in [2.45, 2.75) is 26.2 Å². The van der Waals surface area contributed by atoms with E-state index in [2.05, 4.69) is 20.6 Å². The molecule has 6 heteroatoms. The number of carbonyl (C=O) groups is 1. The van der Waals surface area contributed by atoms with Crippen molar-refractivity contribution in [2.75, 3.05) is 6.61 Å². The van der Waals surface area contributed by atoms with Crippen LogP contribution in [0.1, 0.15) is 35.9 Å². The monoisotopic (exact) mass is 260 g/mol. The highest BCUT2D eigenvalue weighted by Gasteiger charge is 2.06. The summed E-state index contributed by atoms with van der Waals surface area (Å²) >= 11 is 0. The maximum atomic E-state index is 11.4. The Balaban J connectivity index is 1.75. The molecule has 0 unspecified atom stereocenters. The number of nitrogens with one attached hydrogen (secondary N) is 1. The van der Waals surface area contributed by atoms with Crippen molar-refractivity contribution in [3.8, 4) is 5.75 Å². The molecule has 1 heterocycles. The Bertz CT molecular complexity index is 525. The van der Waals surface area contributed by atoms with Crippen molar-refractivity contribution < 1.29 is 9.53 Å². The molecule has 100 valence electrons. The second-order valence-electron chi connectivity index (χ2n) is 4.19. The van der Waals surface area contributed by atoms with Crippen molar-refractivity contribution in [2.24, 2.45) is 0 Å². The number of hydrogen-bond acceptors (Lipinski definition) is 5. The van der Waals surface area contributed by atoms with Crippen LogP contribution in [0.5, 0.6) is 5.75 Å². The van der Waals surface area contributed by atoms with E-state index in [1.807, 2.05) is 18.2 Å². The lowest BCUT2D eigenvalue weighted by molar-refractivity contribution is 0.101. The summed E-state index contributed by atoms with van der Waals surface area (Å²) in [4.78, 5) is 11.4. The van der Waals surface area contributed by atoms with Crippen molar-refractivity contribution >= 4 is 5.78 Å². The van der Waals surface area contributed by atoms with Crippen molar-refractivity contribution in [1.29, 1.82) is 0 Å². The summed E-state index contributed by atoms with van der Waals surface area (Å²) < 4.78 is 5.63. The third kappa shape index (κ3) is 3.87. The van der Waals surface area contributed by atoms with Gasteiger partial charge in [-0.05, 0) is 31.9 Å². The number of ether oxygens (including phenoxy) is 1. The highest BCUT2D eigenvalue weighted by molar-refractivity contribution is 5.96. The minimum atomic E-state index is 0.0161. The number of hydrogen-bond donors (Lipinski definition) is 1. The first-order chi connectivity index (χ1) is 9.27. The quantitative estimate of drug-likeness (QED) is 0.606. The molecule has 0 aliphatic carbocycles. The highest BCUT2D eigenvalue weighted by atomic mass is 16.5. The van der Waals surface area contributed by atoms with E-state index >= 15 is 0 Å². The number of nitrogens with zero attached hydrogens (tertiary/aromatic N) is 3. The van der Waals surface area contributed by atoms with Gasteiger partial charge in [-0.1, -0.05) is 17.3 Å². The third-order valence-electron chi connectivity index (χ3n) is 2.71. The van der Waals surface area contributed by atoms with Gasteiger partial charge in [-0.3, -0.25) is 4.79 Å². The zero-order chi connectivity index (χ0) is 13.5. The van der Waals surface area contributed by atoms with E-state index in [1.54, 1.807) is 13.0 Å². The van der Waals surface area contributed by atoms with Crippen molar-refractivity contribution in [1.82, 2.24) is 20.6 Å². The Morgan fingerprint density at radius 3 is 2.89 bits per heavy atom. The number of Topliss-reactive ketones (excluding diaryl/α,β-unsaturated/α-hetero) is 1. The van der Waals surface area contributed by atoms with Gasteiger partial charge in [0.2, 0.25) is 0 Å². The van der Waals surface area contributed by atoms with Crippen LogP contribution in [-0.4, -0.2) is 33.0 Å². The average Bonchev–Trinajstić information content (AvgIpc) is 2.92. The molecule has 0 fully saturated rings. The molecule has 0 radical (unpaired) electrons. The van der Waals surface area contributed by atoms with Gasteiger partial charge < -0.3 is 4.74 Å². The molecule has 0 amide bonds. The van der Waals surface area contributed by atoms with E-state index in [-0.39, 0.29) is 5.78 Å². The van der Waals surface area contributed by atoms with E-state index in [9.17, 15) is 4.79 Å². The first-order valence-corrected chi connectivity index (χ1v) is 6.22. The second kappa shape index (κ2) is 6.63. The number of ketones is 1. The predicted octanol–water partition coefficient (Wildman–Crippen LogP) is 1.80. The Hall–Kier alpha value is -2.24. The van der Waals surface area contributed by atoms with Crippen LogP contribution in [0.3, 0.4) is 0 Å². The van der Waals surface area contributed by atoms with Crippen LogP contribution in [0.25, 0.3) is 0 Å². The maximum absolute atomic E-state index is 11.4. The minimum absolute atomic E-state index is 0.0161. The first-order valence-electron chi connectivity index (χ1n) is 6.22. The number of unbranched alkanes of at least 4 members (excludes halogenated alkanes) is 1. The molecule has 0 saturated carbocycles. The lowest BCUT2D eigenvalue weighted by Gasteiger charge is -2.08. The highest BCUT2D eigenvalue weighted by Crippen LogP contribution is 2.18. The molecule has 2 aromatic rings. The number of carbonyl (C=O) groups excluding carboxylic acids is 1. The normalized spacial score (nSPS) is 10.4. The summed E-state index contributed by atoms with van der Waals surface area (Å²) in [6.07, 6.45) is 2.57. The first kappa shape index (κ1) is 13.2. The summed E-state index contributed by atoms with van der Waals surface area (Å²) in [7, 11) is 0. The van der Waals surface area contributed by atoms with Gasteiger partial charge in [0.25, 0.3) is 0 Å². The topological polar surface area (TPSA) is 80.8 Å². The Kier molecular flexibility index (Phi) is 4.60. The summed E-state index contributed by atoms with van der Waals surface area (Å²) in [5, 5.41) is 13.7. The Morgan fingerprint density at radius 1 is 1.32 bits per heavy atom. The summed E-state index contributed by atoms with van der Waals surface area (Å²) in [6, 6.07) is 7.29. The van der Waals surface area contributed by atoms with Gasteiger partial charge in [0.1, 0.15) is 5.75 Å². The molecule has 1 N–H and O–H groups in total. The molecule has 1 aromatic heterocycles. The van der Waals surface area contributed by atoms with Crippen LogP contribution >= 0.6 is 0 Å². The molecule has 1 aromatic carbocycles.